The molecule has 3 nitrogen and oxygen atoms in total. The Kier molecular flexibility index (Phi) is 4.26. The van der Waals surface area contributed by atoms with Crippen LogP contribution in [0.2, 0.25) is 5.02 Å². The van der Waals surface area contributed by atoms with Gasteiger partial charge in [-0.1, -0.05) is 17.7 Å². The molecule has 0 aliphatic carbocycles. The molecule has 4 heteroatoms. The van der Waals surface area contributed by atoms with E-state index in [1.807, 2.05) is 0 Å². The molecule has 0 bridgehead atoms. The van der Waals surface area contributed by atoms with Crippen molar-refractivity contribution in [2.24, 2.45) is 0 Å². The first-order valence-electron chi connectivity index (χ1n) is 6.00. The lowest BCUT2D eigenvalue weighted by molar-refractivity contribution is 0.0831. The Bertz CT molecular complexity index is 357. The molecule has 2 rings (SSSR count). The van der Waals surface area contributed by atoms with E-state index in [1.54, 1.807) is 18.2 Å². The maximum atomic E-state index is 9.71. The molecule has 1 aromatic carbocycles. The van der Waals surface area contributed by atoms with Gasteiger partial charge in [-0.3, -0.25) is 0 Å². The Labute approximate surface area is 107 Å². The number of aromatic hydroxyl groups is 1. The molecule has 1 saturated heterocycles. The van der Waals surface area contributed by atoms with Crippen molar-refractivity contribution in [1.29, 1.82) is 0 Å². The fourth-order valence-electron chi connectivity index (χ4n) is 2.11. The molecule has 1 aliphatic rings. The van der Waals surface area contributed by atoms with Crippen LogP contribution in [0.3, 0.4) is 0 Å². The lowest BCUT2D eigenvalue weighted by Gasteiger charge is -2.20. The van der Waals surface area contributed by atoms with Crippen LogP contribution in [-0.2, 0) is 11.3 Å². The van der Waals surface area contributed by atoms with Crippen molar-refractivity contribution in [3.05, 3.63) is 28.8 Å². The highest BCUT2D eigenvalue weighted by molar-refractivity contribution is 6.31. The van der Waals surface area contributed by atoms with E-state index in [2.05, 4.69) is 12.2 Å². The molecule has 2 unspecified atom stereocenters. The van der Waals surface area contributed by atoms with Gasteiger partial charge in [0.25, 0.3) is 0 Å². The van der Waals surface area contributed by atoms with Crippen LogP contribution in [0.1, 0.15) is 25.3 Å². The summed E-state index contributed by atoms with van der Waals surface area (Å²) in [4.78, 5) is 0. The van der Waals surface area contributed by atoms with E-state index < -0.39 is 0 Å². The number of hydrogen-bond acceptors (Lipinski definition) is 3. The molecular weight excluding hydrogens is 238 g/mol. The highest BCUT2D eigenvalue weighted by Crippen LogP contribution is 2.25. The fourth-order valence-corrected chi connectivity index (χ4v) is 2.35. The van der Waals surface area contributed by atoms with Gasteiger partial charge in [-0.15, -0.1) is 0 Å². The van der Waals surface area contributed by atoms with Crippen LogP contribution in [-0.4, -0.2) is 23.9 Å². The second-order valence-corrected chi connectivity index (χ2v) is 4.87. The molecule has 0 saturated carbocycles. The van der Waals surface area contributed by atoms with Gasteiger partial charge in [-0.25, -0.2) is 0 Å². The Balaban J connectivity index is 1.92. The molecule has 1 aromatic rings. The average molecular weight is 256 g/mol. The molecule has 0 aromatic heterocycles. The topological polar surface area (TPSA) is 41.5 Å². The molecule has 0 amide bonds. The lowest BCUT2D eigenvalue weighted by Crippen LogP contribution is -2.36. The predicted octanol–water partition coefficient (Wildman–Crippen LogP) is 2.70. The maximum Gasteiger partial charge on any atom is 0.121 e. The van der Waals surface area contributed by atoms with Crippen molar-refractivity contribution < 1.29 is 9.84 Å². The summed E-state index contributed by atoms with van der Waals surface area (Å²) in [5.41, 5.74) is 0.749. The minimum absolute atomic E-state index is 0.240. The maximum absolute atomic E-state index is 9.71. The third-order valence-electron chi connectivity index (χ3n) is 3.22. The largest absolute Gasteiger partial charge is 0.508 e. The second kappa shape index (κ2) is 5.71. The SMILES string of the molecule is CC(NCc1c(O)cccc1Cl)C1CCCO1. The minimum Gasteiger partial charge on any atom is -0.508 e. The molecule has 1 aliphatic heterocycles. The van der Waals surface area contributed by atoms with E-state index in [4.69, 9.17) is 16.3 Å². The second-order valence-electron chi connectivity index (χ2n) is 4.46. The van der Waals surface area contributed by atoms with Gasteiger partial charge in [0, 0.05) is 29.8 Å². The molecule has 2 atom stereocenters. The van der Waals surface area contributed by atoms with Crippen LogP contribution in [0.5, 0.6) is 5.75 Å². The van der Waals surface area contributed by atoms with E-state index in [0.717, 1.165) is 25.0 Å². The number of phenols is 1. The highest BCUT2D eigenvalue weighted by Gasteiger charge is 2.22. The first-order chi connectivity index (χ1) is 8.18. The predicted molar refractivity (Wildman–Crippen MR) is 68.4 cm³/mol. The van der Waals surface area contributed by atoms with Gasteiger partial charge in [-0.2, -0.15) is 0 Å². The minimum atomic E-state index is 0.240. The van der Waals surface area contributed by atoms with Crippen LogP contribution in [0.4, 0.5) is 0 Å². The Morgan fingerprint density at radius 3 is 3.06 bits per heavy atom. The first-order valence-corrected chi connectivity index (χ1v) is 6.37. The number of phenolic OH excluding ortho intramolecular Hbond substituents is 1. The summed E-state index contributed by atoms with van der Waals surface area (Å²) in [5, 5.41) is 13.7. The van der Waals surface area contributed by atoms with Gasteiger partial charge in [0.1, 0.15) is 5.75 Å². The third kappa shape index (κ3) is 3.12. The molecule has 0 spiro atoms. The van der Waals surface area contributed by atoms with E-state index in [0.29, 0.717) is 11.6 Å². The van der Waals surface area contributed by atoms with Gasteiger partial charge in [0.15, 0.2) is 0 Å². The van der Waals surface area contributed by atoms with Gasteiger partial charge in [-0.05, 0) is 31.9 Å². The van der Waals surface area contributed by atoms with Gasteiger partial charge < -0.3 is 15.2 Å². The van der Waals surface area contributed by atoms with Crippen molar-refractivity contribution >= 4 is 11.6 Å². The Morgan fingerprint density at radius 2 is 2.41 bits per heavy atom. The number of halogens is 1. The molecular formula is C13H18ClNO2. The van der Waals surface area contributed by atoms with Crippen LogP contribution < -0.4 is 5.32 Å². The molecule has 1 fully saturated rings. The standard InChI is InChI=1S/C13H18ClNO2/c1-9(13-6-3-7-17-13)15-8-10-11(14)4-2-5-12(10)16/h2,4-5,9,13,15-16H,3,6-8H2,1H3. The normalized spacial score (nSPS) is 21.6. The Hall–Kier alpha value is -0.770. The summed E-state index contributed by atoms with van der Waals surface area (Å²) in [6, 6.07) is 5.45. The smallest absolute Gasteiger partial charge is 0.121 e. The fraction of sp³-hybridized carbons (Fsp3) is 0.538. The number of hydrogen-bond donors (Lipinski definition) is 2. The zero-order chi connectivity index (χ0) is 12.3. The van der Waals surface area contributed by atoms with Crippen LogP contribution >= 0.6 is 11.6 Å². The number of ether oxygens (including phenoxy) is 1. The van der Waals surface area contributed by atoms with Gasteiger partial charge >= 0.3 is 0 Å². The average Bonchev–Trinajstić information content (AvgIpc) is 2.81. The van der Waals surface area contributed by atoms with Crippen molar-refractivity contribution in [1.82, 2.24) is 5.32 Å². The van der Waals surface area contributed by atoms with Crippen LogP contribution in [0, 0.1) is 0 Å². The first kappa shape index (κ1) is 12.7. The molecule has 17 heavy (non-hydrogen) atoms. The summed E-state index contributed by atoms with van der Waals surface area (Å²) in [5.74, 6) is 0.240. The quantitative estimate of drug-likeness (QED) is 0.869. The molecule has 94 valence electrons. The van der Waals surface area contributed by atoms with Crippen LogP contribution in [0.25, 0.3) is 0 Å². The van der Waals surface area contributed by atoms with Crippen LogP contribution in [0.15, 0.2) is 18.2 Å². The summed E-state index contributed by atoms with van der Waals surface area (Å²) in [6.07, 6.45) is 2.51. The van der Waals surface area contributed by atoms with Gasteiger partial charge in [0.05, 0.1) is 6.10 Å². The van der Waals surface area contributed by atoms with Crippen molar-refractivity contribution in [3.63, 3.8) is 0 Å². The summed E-state index contributed by atoms with van der Waals surface area (Å²) in [6.45, 7) is 3.52. The summed E-state index contributed by atoms with van der Waals surface area (Å²) < 4.78 is 5.61. The Morgan fingerprint density at radius 1 is 1.59 bits per heavy atom. The zero-order valence-electron chi connectivity index (χ0n) is 9.95. The molecule has 2 N–H and O–H groups in total. The van der Waals surface area contributed by atoms with Gasteiger partial charge in [0.2, 0.25) is 0 Å². The van der Waals surface area contributed by atoms with E-state index in [9.17, 15) is 5.11 Å². The van der Waals surface area contributed by atoms with E-state index in [1.165, 1.54) is 0 Å². The number of rotatable bonds is 4. The van der Waals surface area contributed by atoms with Crippen molar-refractivity contribution in [3.8, 4) is 5.75 Å². The highest BCUT2D eigenvalue weighted by atomic mass is 35.5. The van der Waals surface area contributed by atoms with E-state index >= 15 is 0 Å². The summed E-state index contributed by atoms with van der Waals surface area (Å²) in [7, 11) is 0. The van der Waals surface area contributed by atoms with Crippen molar-refractivity contribution in [2.75, 3.05) is 6.61 Å². The van der Waals surface area contributed by atoms with Crippen molar-refractivity contribution in [2.45, 2.75) is 38.5 Å². The number of benzene rings is 1. The summed E-state index contributed by atoms with van der Waals surface area (Å²) >= 11 is 6.04. The number of nitrogens with one attached hydrogen (secondary N) is 1. The molecule has 0 radical (unpaired) electrons. The zero-order valence-corrected chi connectivity index (χ0v) is 10.7. The molecule has 1 heterocycles. The lowest BCUT2D eigenvalue weighted by atomic mass is 10.1. The monoisotopic (exact) mass is 255 g/mol. The third-order valence-corrected chi connectivity index (χ3v) is 3.57. The van der Waals surface area contributed by atoms with E-state index in [-0.39, 0.29) is 17.9 Å².